The molecule has 0 bridgehead atoms. The van der Waals surface area contributed by atoms with Crippen molar-refractivity contribution in [3.63, 3.8) is 0 Å². The van der Waals surface area contributed by atoms with Crippen molar-refractivity contribution in [3.05, 3.63) is 65.2 Å². The summed E-state index contributed by atoms with van der Waals surface area (Å²) in [7, 11) is 0. The van der Waals surface area contributed by atoms with Gasteiger partial charge >= 0.3 is 0 Å². The quantitative estimate of drug-likeness (QED) is 0.772. The highest BCUT2D eigenvalue weighted by Crippen LogP contribution is 2.48. The Kier molecular flexibility index (Phi) is 3.71. The maximum Gasteiger partial charge on any atom is 0.253 e. The van der Waals surface area contributed by atoms with Gasteiger partial charge in [0.25, 0.3) is 5.91 Å². The van der Waals surface area contributed by atoms with Crippen LogP contribution in [0.2, 0.25) is 0 Å². The van der Waals surface area contributed by atoms with Crippen LogP contribution in [0, 0.1) is 19.8 Å². The number of anilines is 1. The fraction of sp³-hybridized carbons (Fsp3) is 0.364. The molecule has 0 aromatic heterocycles. The van der Waals surface area contributed by atoms with Gasteiger partial charge in [0.1, 0.15) is 6.04 Å². The summed E-state index contributed by atoms with van der Waals surface area (Å²) in [4.78, 5) is 28.2. The highest BCUT2D eigenvalue weighted by Gasteiger charge is 2.62. The Labute approximate surface area is 159 Å². The van der Waals surface area contributed by atoms with Gasteiger partial charge < -0.3 is 0 Å². The molecule has 0 radical (unpaired) electrons. The summed E-state index contributed by atoms with van der Waals surface area (Å²) in [6, 6.07) is 15.5. The van der Waals surface area contributed by atoms with E-state index in [4.69, 9.17) is 0 Å². The summed E-state index contributed by atoms with van der Waals surface area (Å²) >= 11 is 0. The van der Waals surface area contributed by atoms with Gasteiger partial charge in [-0.2, -0.15) is 0 Å². The van der Waals surface area contributed by atoms with Crippen molar-refractivity contribution in [2.75, 3.05) is 18.0 Å². The number of carbonyl (C=O) groups excluding carboxylic acids is 2. The van der Waals surface area contributed by atoms with Crippen molar-refractivity contribution in [3.8, 4) is 0 Å². The van der Waals surface area contributed by atoms with Gasteiger partial charge in [-0.25, -0.2) is 14.9 Å². The van der Waals surface area contributed by atoms with E-state index in [1.165, 1.54) is 4.90 Å². The zero-order valence-corrected chi connectivity index (χ0v) is 15.6. The van der Waals surface area contributed by atoms with Gasteiger partial charge in [0.05, 0.1) is 17.6 Å². The van der Waals surface area contributed by atoms with E-state index in [9.17, 15) is 9.59 Å². The lowest BCUT2D eigenvalue weighted by Crippen LogP contribution is -2.44. The molecule has 3 aliphatic heterocycles. The number of hydrogen-bond acceptors (Lipinski definition) is 4. The number of amides is 2. The predicted molar refractivity (Wildman–Crippen MR) is 103 cm³/mol. The van der Waals surface area contributed by atoms with E-state index in [2.05, 4.69) is 22.2 Å². The molecule has 0 N–H and O–H groups in total. The highest BCUT2D eigenvalue weighted by molar-refractivity contribution is 6.24. The van der Waals surface area contributed by atoms with E-state index in [-0.39, 0.29) is 29.8 Å². The molecule has 5 heteroatoms. The second kappa shape index (κ2) is 6.01. The molecule has 0 unspecified atom stereocenters. The highest BCUT2D eigenvalue weighted by atomic mass is 16.2. The molecule has 138 valence electrons. The summed E-state index contributed by atoms with van der Waals surface area (Å²) in [6.07, 6.45) is 1.03. The van der Waals surface area contributed by atoms with Gasteiger partial charge in [-0.05, 0) is 49.1 Å². The van der Waals surface area contributed by atoms with Crippen LogP contribution in [0.15, 0.2) is 48.5 Å². The number of imide groups is 1. The first-order chi connectivity index (χ1) is 13.1. The van der Waals surface area contributed by atoms with Crippen molar-refractivity contribution in [2.24, 2.45) is 5.92 Å². The van der Waals surface area contributed by atoms with Crippen molar-refractivity contribution < 1.29 is 9.59 Å². The van der Waals surface area contributed by atoms with Crippen molar-refractivity contribution in [2.45, 2.75) is 32.4 Å². The molecule has 27 heavy (non-hydrogen) atoms. The third-order valence-electron chi connectivity index (χ3n) is 6.30. The Morgan fingerprint density at radius 2 is 1.52 bits per heavy atom. The lowest BCUT2D eigenvalue weighted by Gasteiger charge is -2.29. The van der Waals surface area contributed by atoms with Crippen LogP contribution in [-0.2, 0) is 9.59 Å². The van der Waals surface area contributed by atoms with E-state index in [1.807, 2.05) is 50.2 Å². The zero-order chi connectivity index (χ0) is 18.7. The van der Waals surface area contributed by atoms with Crippen LogP contribution < -0.4 is 4.90 Å². The van der Waals surface area contributed by atoms with E-state index >= 15 is 0 Å². The Hall–Kier alpha value is -2.50. The molecule has 3 aliphatic rings. The van der Waals surface area contributed by atoms with E-state index in [0.29, 0.717) is 5.69 Å². The minimum atomic E-state index is -0.383. The zero-order valence-electron chi connectivity index (χ0n) is 15.6. The first kappa shape index (κ1) is 16.7. The molecular formula is C22H23N3O2. The maximum absolute atomic E-state index is 13.5. The summed E-state index contributed by atoms with van der Waals surface area (Å²) in [5.74, 6) is -0.503. The normalized spacial score (nSPS) is 28.1. The Morgan fingerprint density at radius 3 is 2.22 bits per heavy atom. The van der Waals surface area contributed by atoms with Crippen LogP contribution in [0.3, 0.4) is 0 Å². The van der Waals surface area contributed by atoms with E-state index < -0.39 is 0 Å². The summed E-state index contributed by atoms with van der Waals surface area (Å²) in [5, 5.41) is 4.39. The van der Waals surface area contributed by atoms with Crippen LogP contribution in [-0.4, -0.2) is 41.0 Å². The van der Waals surface area contributed by atoms with Gasteiger partial charge in [-0.15, -0.1) is 0 Å². The largest absolute Gasteiger partial charge is 0.274 e. The monoisotopic (exact) mass is 361 g/mol. The van der Waals surface area contributed by atoms with Crippen molar-refractivity contribution in [1.82, 2.24) is 10.0 Å². The molecule has 0 spiro atoms. The lowest BCUT2D eigenvalue weighted by molar-refractivity contribution is -0.126. The Morgan fingerprint density at radius 1 is 0.815 bits per heavy atom. The van der Waals surface area contributed by atoms with Gasteiger partial charge in [0.2, 0.25) is 5.91 Å². The molecule has 3 heterocycles. The molecule has 0 saturated carbocycles. The first-order valence-corrected chi connectivity index (χ1v) is 9.61. The van der Waals surface area contributed by atoms with E-state index in [0.717, 1.165) is 36.2 Å². The molecule has 3 atom stereocenters. The molecule has 5 nitrogen and oxygen atoms in total. The molecule has 0 aliphatic carbocycles. The van der Waals surface area contributed by atoms with Crippen molar-refractivity contribution in [1.29, 1.82) is 0 Å². The second-order valence-corrected chi connectivity index (χ2v) is 7.79. The summed E-state index contributed by atoms with van der Waals surface area (Å²) in [5.41, 5.74) is 4.05. The Bertz CT molecular complexity index is 926. The lowest BCUT2D eigenvalue weighted by atomic mass is 9.90. The number of nitrogens with zero attached hydrogens (tertiary/aromatic N) is 3. The number of hydrogen-bond donors (Lipinski definition) is 0. The molecule has 2 aromatic rings. The number of carbonyl (C=O) groups is 2. The smallest absolute Gasteiger partial charge is 0.253 e. The topological polar surface area (TPSA) is 43.9 Å². The molecule has 2 amide bonds. The van der Waals surface area contributed by atoms with Gasteiger partial charge in [-0.3, -0.25) is 9.59 Å². The minimum absolute atomic E-state index is 0.0632. The van der Waals surface area contributed by atoms with Crippen LogP contribution in [0.25, 0.3) is 0 Å². The van der Waals surface area contributed by atoms with Crippen LogP contribution in [0.5, 0.6) is 0 Å². The number of fused-ring (bicyclic) bond motifs is 3. The summed E-state index contributed by atoms with van der Waals surface area (Å²) in [6.45, 7) is 5.79. The molecule has 2 aromatic carbocycles. The maximum atomic E-state index is 13.5. The van der Waals surface area contributed by atoms with Gasteiger partial charge in [0.15, 0.2) is 0 Å². The Balaban J connectivity index is 1.59. The van der Waals surface area contributed by atoms with Gasteiger partial charge in [0, 0.05) is 13.1 Å². The van der Waals surface area contributed by atoms with Crippen LogP contribution in [0.4, 0.5) is 5.69 Å². The number of benzene rings is 2. The average Bonchev–Trinajstić information content (AvgIpc) is 3.31. The van der Waals surface area contributed by atoms with Crippen LogP contribution in [0.1, 0.15) is 29.2 Å². The minimum Gasteiger partial charge on any atom is -0.274 e. The molecule has 3 fully saturated rings. The second-order valence-electron chi connectivity index (χ2n) is 7.79. The standard InChI is InChI=1S/C22H23N3O2/c1-14-9-10-17(13-15(14)2)25-21(26)18-19(16-7-4-3-5-8-16)23-11-6-12-24(23)20(18)22(25)27/h3-5,7-10,13,18-20H,6,11-12H2,1-2H3/t18-,19-,20+/m0/s1. The average molecular weight is 361 g/mol. The van der Waals surface area contributed by atoms with Crippen molar-refractivity contribution >= 4 is 17.5 Å². The first-order valence-electron chi connectivity index (χ1n) is 9.61. The SMILES string of the molecule is Cc1ccc(N2C(=O)[C@@H]3[C@H](C2=O)N2CCCN2[C@H]3c2ccccc2)cc1C. The third-order valence-corrected chi connectivity index (χ3v) is 6.30. The fourth-order valence-corrected chi connectivity index (χ4v) is 4.88. The third kappa shape index (κ3) is 2.32. The summed E-state index contributed by atoms with van der Waals surface area (Å²) < 4.78 is 0. The number of hydrazine groups is 1. The number of rotatable bonds is 2. The molecule has 5 rings (SSSR count). The number of aryl methyl sites for hydroxylation is 2. The van der Waals surface area contributed by atoms with E-state index in [1.54, 1.807) is 0 Å². The molecule has 3 saturated heterocycles. The van der Waals surface area contributed by atoms with Gasteiger partial charge in [-0.1, -0.05) is 36.4 Å². The van der Waals surface area contributed by atoms with Crippen LogP contribution >= 0.6 is 0 Å². The molecular weight excluding hydrogens is 338 g/mol. The fourth-order valence-electron chi connectivity index (χ4n) is 4.88. The predicted octanol–water partition coefficient (Wildman–Crippen LogP) is 2.84.